The van der Waals surface area contributed by atoms with Crippen molar-refractivity contribution in [3.05, 3.63) is 48.6 Å². The number of benzene rings is 1. The van der Waals surface area contributed by atoms with E-state index in [1.54, 1.807) is 53.2 Å². The number of carbonyl (C=O) groups excluding carboxylic acids is 3. The first kappa shape index (κ1) is 25.1. The lowest BCUT2D eigenvalue weighted by Gasteiger charge is -2.30. The quantitative estimate of drug-likeness (QED) is 0.475. The van der Waals surface area contributed by atoms with E-state index in [0.717, 1.165) is 12.8 Å². The molecule has 2 saturated heterocycles. The third-order valence-corrected chi connectivity index (χ3v) is 7.25. The minimum atomic E-state index is -1.84. The minimum absolute atomic E-state index is 0.0477. The first-order valence-corrected chi connectivity index (χ1v) is 12.2. The lowest BCUT2D eigenvalue weighted by Crippen LogP contribution is -2.48. The summed E-state index contributed by atoms with van der Waals surface area (Å²) in [5.74, 6) is -1.23. The van der Waals surface area contributed by atoms with Gasteiger partial charge in [0.2, 0.25) is 11.8 Å². The predicted molar refractivity (Wildman–Crippen MR) is 133 cm³/mol. The number of likely N-dealkylation sites (tertiary alicyclic amines) is 1. The molecule has 0 saturated carbocycles. The first-order valence-electron chi connectivity index (χ1n) is 12.2. The van der Waals surface area contributed by atoms with Crippen LogP contribution in [0.25, 0.3) is 0 Å². The van der Waals surface area contributed by atoms with Crippen LogP contribution in [0.1, 0.15) is 31.7 Å². The van der Waals surface area contributed by atoms with E-state index in [2.05, 4.69) is 11.9 Å². The van der Waals surface area contributed by atoms with Crippen LogP contribution in [0.15, 0.2) is 43.0 Å². The molecular weight excluding hydrogens is 448 g/mol. The van der Waals surface area contributed by atoms with E-state index < -0.39 is 17.4 Å². The Morgan fingerprint density at radius 3 is 2.86 bits per heavy atom. The average molecular weight is 483 g/mol. The maximum absolute atomic E-state index is 13.5. The molecule has 0 unspecified atom stereocenters. The number of fused-ring (bicyclic) bond motifs is 1. The van der Waals surface area contributed by atoms with E-state index >= 15 is 0 Å². The topological polar surface area (TPSA) is 113 Å². The van der Waals surface area contributed by atoms with Crippen molar-refractivity contribution in [1.29, 1.82) is 0 Å². The average Bonchev–Trinajstić information content (AvgIpc) is 3.42. The van der Waals surface area contributed by atoms with Crippen molar-refractivity contribution in [3.63, 3.8) is 0 Å². The van der Waals surface area contributed by atoms with Crippen molar-refractivity contribution in [1.82, 2.24) is 10.2 Å². The van der Waals surface area contributed by atoms with Gasteiger partial charge in [0.1, 0.15) is 0 Å². The number of piperazine rings is 1. The lowest BCUT2D eigenvalue weighted by atomic mass is 9.82. The van der Waals surface area contributed by atoms with Gasteiger partial charge >= 0.3 is 0 Å². The van der Waals surface area contributed by atoms with Gasteiger partial charge in [0.05, 0.1) is 24.9 Å². The molecule has 188 valence electrons. The molecule has 0 bridgehead atoms. The maximum Gasteiger partial charge on any atom is 0.264 e. The van der Waals surface area contributed by atoms with Crippen molar-refractivity contribution >= 4 is 29.1 Å². The number of aliphatic hydroxyl groups excluding tert-OH is 1. The summed E-state index contributed by atoms with van der Waals surface area (Å²) in [5.41, 5.74) is -0.177. The molecule has 2 fully saturated rings. The number of aliphatic hydroxyl groups is 2. The summed E-state index contributed by atoms with van der Waals surface area (Å²) in [7, 11) is 0. The van der Waals surface area contributed by atoms with Crippen LogP contribution >= 0.6 is 0 Å². The predicted octanol–water partition coefficient (Wildman–Crippen LogP) is 0.909. The zero-order valence-corrected chi connectivity index (χ0v) is 20.2. The Morgan fingerprint density at radius 1 is 1.34 bits per heavy atom. The molecule has 4 rings (SSSR count). The van der Waals surface area contributed by atoms with E-state index in [1.165, 1.54) is 4.90 Å². The molecule has 3 atom stereocenters. The van der Waals surface area contributed by atoms with Gasteiger partial charge in [-0.3, -0.25) is 14.4 Å². The number of anilines is 2. The Kier molecular flexibility index (Phi) is 7.39. The highest BCUT2D eigenvalue weighted by molar-refractivity contribution is 6.08. The van der Waals surface area contributed by atoms with Crippen LogP contribution in [0.3, 0.4) is 0 Å². The van der Waals surface area contributed by atoms with Gasteiger partial charge in [0.25, 0.3) is 5.91 Å². The van der Waals surface area contributed by atoms with Crippen molar-refractivity contribution in [2.45, 2.75) is 37.8 Å². The van der Waals surface area contributed by atoms with E-state index in [-0.39, 0.29) is 44.0 Å². The van der Waals surface area contributed by atoms with Crippen LogP contribution in [0.5, 0.6) is 0 Å². The van der Waals surface area contributed by atoms with Gasteiger partial charge in [-0.15, -0.1) is 6.58 Å². The smallest absolute Gasteiger partial charge is 0.264 e. The van der Waals surface area contributed by atoms with Crippen molar-refractivity contribution in [2.75, 3.05) is 49.1 Å². The summed E-state index contributed by atoms with van der Waals surface area (Å²) in [6.45, 7) is 7.71. The fourth-order valence-electron chi connectivity index (χ4n) is 5.28. The van der Waals surface area contributed by atoms with Crippen LogP contribution in [0.2, 0.25) is 0 Å². The standard InChI is InChI=1S/C26H34N4O5/c1-3-12-30-22-10-9-19(29-14-11-27-16-24(29)33)15-21(22)26(35,25(30)34)18(2)6-4-8-23(32)28-13-5-7-20(28)17-31/h3-4,6,9-10,15,18,20,27,31,35H,1,5,7-8,11-14,16-17H2,2H3/b6-4+/t18-,20-,26+/m0/s1. The number of nitrogens with one attached hydrogen (secondary N) is 1. The van der Waals surface area contributed by atoms with Gasteiger partial charge in [0, 0.05) is 49.8 Å². The summed E-state index contributed by atoms with van der Waals surface area (Å²) in [6.07, 6.45) is 6.79. The molecule has 0 aliphatic carbocycles. The molecule has 9 nitrogen and oxygen atoms in total. The van der Waals surface area contributed by atoms with Gasteiger partial charge < -0.3 is 30.2 Å². The third-order valence-electron chi connectivity index (χ3n) is 7.25. The van der Waals surface area contributed by atoms with Crippen LogP contribution < -0.4 is 15.1 Å². The Bertz CT molecular complexity index is 1040. The van der Waals surface area contributed by atoms with Gasteiger partial charge in [-0.2, -0.15) is 0 Å². The molecular formula is C26H34N4O5. The molecule has 3 N–H and O–H groups in total. The third kappa shape index (κ3) is 4.51. The second-order valence-corrected chi connectivity index (χ2v) is 9.38. The molecule has 35 heavy (non-hydrogen) atoms. The molecule has 1 aromatic rings. The fourth-order valence-corrected chi connectivity index (χ4v) is 5.28. The number of hydrogen-bond acceptors (Lipinski definition) is 6. The van der Waals surface area contributed by atoms with Gasteiger partial charge in [-0.25, -0.2) is 0 Å². The van der Waals surface area contributed by atoms with Crippen LogP contribution in [0.4, 0.5) is 11.4 Å². The van der Waals surface area contributed by atoms with Crippen LogP contribution in [0, 0.1) is 5.92 Å². The number of nitrogens with zero attached hydrogens (tertiary/aromatic N) is 3. The van der Waals surface area contributed by atoms with Crippen molar-refractivity contribution in [3.8, 4) is 0 Å². The summed E-state index contributed by atoms with van der Waals surface area (Å²) in [6, 6.07) is 5.15. The highest BCUT2D eigenvalue weighted by Crippen LogP contribution is 2.46. The zero-order valence-electron chi connectivity index (χ0n) is 20.2. The molecule has 3 aliphatic heterocycles. The van der Waals surface area contributed by atoms with Gasteiger partial charge in [-0.05, 0) is 31.0 Å². The summed E-state index contributed by atoms with van der Waals surface area (Å²) in [5, 5.41) is 24.3. The number of amides is 3. The lowest BCUT2D eigenvalue weighted by molar-refractivity contribution is -0.139. The molecule has 3 heterocycles. The number of hydrogen-bond donors (Lipinski definition) is 3. The van der Waals surface area contributed by atoms with E-state index in [0.29, 0.717) is 36.6 Å². The fraction of sp³-hybridized carbons (Fsp3) is 0.500. The molecule has 1 aromatic carbocycles. The summed E-state index contributed by atoms with van der Waals surface area (Å²) < 4.78 is 0. The molecule has 9 heteroatoms. The van der Waals surface area contributed by atoms with Gasteiger partial charge in [-0.1, -0.05) is 25.2 Å². The number of carbonyl (C=O) groups is 3. The van der Waals surface area contributed by atoms with Crippen LogP contribution in [-0.4, -0.2) is 78.2 Å². The zero-order chi connectivity index (χ0) is 25.2. The van der Waals surface area contributed by atoms with E-state index in [4.69, 9.17) is 0 Å². The highest BCUT2D eigenvalue weighted by Gasteiger charge is 2.52. The summed E-state index contributed by atoms with van der Waals surface area (Å²) >= 11 is 0. The minimum Gasteiger partial charge on any atom is -0.394 e. The second kappa shape index (κ2) is 10.3. The first-order chi connectivity index (χ1) is 16.8. The summed E-state index contributed by atoms with van der Waals surface area (Å²) in [4.78, 5) is 43.4. The molecule has 0 aromatic heterocycles. The normalized spacial score (nSPS) is 25.5. The maximum atomic E-state index is 13.5. The van der Waals surface area contributed by atoms with E-state index in [9.17, 15) is 24.6 Å². The number of rotatable bonds is 8. The SMILES string of the molecule is C=CCN1C(=O)[C@@](O)([C@@H](C)/C=C/CC(=O)N2CCC[C@H]2CO)c2cc(N3CCNCC3=O)ccc21. The molecule has 3 amide bonds. The Morgan fingerprint density at radius 2 is 2.14 bits per heavy atom. The van der Waals surface area contributed by atoms with Crippen molar-refractivity contribution < 1.29 is 24.6 Å². The Labute approximate surface area is 205 Å². The van der Waals surface area contributed by atoms with Crippen molar-refractivity contribution in [2.24, 2.45) is 5.92 Å². The highest BCUT2D eigenvalue weighted by atomic mass is 16.3. The largest absolute Gasteiger partial charge is 0.394 e. The van der Waals surface area contributed by atoms with Crippen LogP contribution in [-0.2, 0) is 20.0 Å². The Balaban J connectivity index is 1.59. The molecule has 0 radical (unpaired) electrons. The van der Waals surface area contributed by atoms with Gasteiger partial charge in [0.15, 0.2) is 5.60 Å². The molecule has 3 aliphatic rings. The second-order valence-electron chi connectivity index (χ2n) is 9.38. The monoisotopic (exact) mass is 482 g/mol. The Hall–Kier alpha value is -3.01. The molecule has 0 spiro atoms. The van der Waals surface area contributed by atoms with E-state index in [1.807, 2.05) is 0 Å².